The highest BCUT2D eigenvalue weighted by molar-refractivity contribution is 5.99. The van der Waals surface area contributed by atoms with Crippen molar-refractivity contribution in [3.63, 3.8) is 0 Å². The van der Waals surface area contributed by atoms with E-state index in [0.29, 0.717) is 5.56 Å². The maximum Gasteiger partial charge on any atom is 0.326 e. The molecule has 0 fully saturated rings. The largest absolute Gasteiger partial charge is 0.508 e. The van der Waals surface area contributed by atoms with Crippen molar-refractivity contribution in [2.75, 3.05) is 6.54 Å². The number of hydrogen-bond acceptors (Lipinski definition) is 14. The van der Waals surface area contributed by atoms with Crippen molar-refractivity contribution < 1.29 is 72.9 Å². The van der Waals surface area contributed by atoms with Gasteiger partial charge in [-0.2, -0.15) is 0 Å². The summed E-state index contributed by atoms with van der Waals surface area (Å²) in [6.07, 6.45) is -2.95. The molecule has 0 spiro atoms. The van der Waals surface area contributed by atoms with Gasteiger partial charge in [-0.05, 0) is 55.7 Å². The number of hydrogen-bond donors (Lipinski definition) is 14. The molecule has 0 saturated heterocycles. The Kier molecular flexibility index (Phi) is 25.7. The first kappa shape index (κ1) is 61.6. The van der Waals surface area contributed by atoms with E-state index in [4.69, 9.17) is 11.5 Å². The highest BCUT2D eigenvalue weighted by Crippen LogP contribution is 2.14. The molecule has 0 unspecified atom stereocenters. The number of aliphatic carboxylic acids is 1. The molecule has 0 bridgehead atoms. The fourth-order valence-electron chi connectivity index (χ4n) is 6.69. The Morgan fingerprint density at radius 2 is 1.03 bits per heavy atom. The van der Waals surface area contributed by atoms with Crippen molar-refractivity contribution >= 4 is 70.9 Å². The molecule has 1 aromatic carbocycles. The second kappa shape index (κ2) is 29.6. The number of carbonyl (C=O) groups is 12. The number of nitrogens with one attached hydrogen (secondary N) is 9. The summed E-state index contributed by atoms with van der Waals surface area (Å²) < 4.78 is 0. The van der Waals surface area contributed by atoms with Gasteiger partial charge in [0, 0.05) is 13.3 Å². The summed E-state index contributed by atoms with van der Waals surface area (Å²) in [4.78, 5) is 154. The zero-order chi connectivity index (χ0) is 54.4. The summed E-state index contributed by atoms with van der Waals surface area (Å²) in [5.74, 6) is -13.5. The van der Waals surface area contributed by atoms with Gasteiger partial charge in [0.15, 0.2) is 0 Å². The molecule has 396 valence electrons. The molecular formula is C45H71N11O15. The molecule has 0 heterocycles. The third kappa shape index (κ3) is 22.3. The Hall–Kier alpha value is -7.38. The summed E-state index contributed by atoms with van der Waals surface area (Å²) in [5.41, 5.74) is 11.3. The van der Waals surface area contributed by atoms with Crippen LogP contribution in [0.15, 0.2) is 24.3 Å². The zero-order valence-corrected chi connectivity index (χ0v) is 41.4. The Morgan fingerprint density at radius 1 is 0.563 bits per heavy atom. The Bertz CT molecular complexity index is 2080. The number of carbonyl (C=O) groups excluding carboxylic acids is 11. The zero-order valence-electron chi connectivity index (χ0n) is 41.4. The number of aliphatic hydroxyl groups is 1. The second-order valence-corrected chi connectivity index (χ2v) is 18.0. The first-order valence-electron chi connectivity index (χ1n) is 22.9. The molecule has 0 aliphatic carbocycles. The van der Waals surface area contributed by atoms with Gasteiger partial charge in [0.25, 0.3) is 0 Å². The minimum absolute atomic E-state index is 0.00939. The van der Waals surface area contributed by atoms with E-state index in [1.165, 1.54) is 46.8 Å². The molecule has 10 atom stereocenters. The SMILES string of the molecule is CC[C@@H](C)[C@H](NC(=O)[C@@H](NC(=O)[C@@H](NC(=O)CNC(=O)[C@H](C)NC(=O)[C@H](Cc1ccc(O)cc1)NC(C)=O)[C@@H](C)O)C(C)C)C(=O)N[C@@H](CC(N)=O)C(=O)N[C@@H](CC(N)=O)C(=O)N[C@@H](CC(C)C)C(=O)O. The topological polar surface area (TPSA) is 426 Å². The second-order valence-electron chi connectivity index (χ2n) is 18.0. The van der Waals surface area contributed by atoms with Gasteiger partial charge in [-0.15, -0.1) is 0 Å². The molecule has 16 N–H and O–H groups in total. The van der Waals surface area contributed by atoms with Crippen LogP contribution in [-0.2, 0) is 64.0 Å². The van der Waals surface area contributed by atoms with Crippen LogP contribution < -0.4 is 59.3 Å². The number of nitrogens with two attached hydrogens (primary N) is 2. The molecular weight excluding hydrogens is 935 g/mol. The van der Waals surface area contributed by atoms with Crippen LogP contribution in [0.4, 0.5) is 0 Å². The van der Waals surface area contributed by atoms with Gasteiger partial charge in [-0.25, -0.2) is 4.79 Å². The molecule has 1 rings (SSSR count). The summed E-state index contributed by atoms with van der Waals surface area (Å²) in [6, 6.07) is -5.99. The van der Waals surface area contributed by atoms with E-state index in [-0.39, 0.29) is 30.9 Å². The predicted molar refractivity (Wildman–Crippen MR) is 252 cm³/mol. The molecule has 0 aromatic heterocycles. The van der Waals surface area contributed by atoms with Crippen LogP contribution in [0.3, 0.4) is 0 Å². The summed E-state index contributed by atoms with van der Waals surface area (Å²) in [7, 11) is 0. The number of carboxylic acid groups (broad SMARTS) is 1. The molecule has 0 aliphatic heterocycles. The highest BCUT2D eigenvalue weighted by atomic mass is 16.4. The van der Waals surface area contributed by atoms with E-state index < -0.39 is 157 Å². The molecule has 26 heteroatoms. The summed E-state index contributed by atoms with van der Waals surface area (Å²) in [6.45, 7) is 12.6. The fourth-order valence-corrected chi connectivity index (χ4v) is 6.69. The van der Waals surface area contributed by atoms with E-state index in [2.05, 4.69) is 47.9 Å². The minimum Gasteiger partial charge on any atom is -0.508 e. The molecule has 11 amide bonds. The maximum absolute atomic E-state index is 13.9. The number of phenolic OH excluding ortho intramolecular Hbond substituents is 1. The Morgan fingerprint density at radius 3 is 1.48 bits per heavy atom. The number of phenols is 1. The smallest absolute Gasteiger partial charge is 0.326 e. The van der Waals surface area contributed by atoms with Crippen LogP contribution >= 0.6 is 0 Å². The van der Waals surface area contributed by atoms with Gasteiger partial charge in [-0.3, -0.25) is 52.7 Å². The molecule has 26 nitrogen and oxygen atoms in total. The van der Waals surface area contributed by atoms with Crippen molar-refractivity contribution in [3.05, 3.63) is 29.8 Å². The summed E-state index contributed by atoms with van der Waals surface area (Å²) in [5, 5.41) is 50.9. The number of aliphatic hydroxyl groups excluding tert-OH is 1. The lowest BCUT2D eigenvalue weighted by molar-refractivity contribution is -0.143. The number of carboxylic acids is 1. The third-order valence-electron chi connectivity index (χ3n) is 10.8. The van der Waals surface area contributed by atoms with E-state index in [9.17, 15) is 72.9 Å². The third-order valence-corrected chi connectivity index (χ3v) is 10.8. The molecule has 1 aromatic rings. The number of primary amides is 2. The number of amides is 11. The first-order valence-corrected chi connectivity index (χ1v) is 22.9. The van der Waals surface area contributed by atoms with Gasteiger partial charge in [0.2, 0.25) is 65.0 Å². The van der Waals surface area contributed by atoms with E-state index >= 15 is 0 Å². The Balaban J connectivity index is 3.15. The molecule has 71 heavy (non-hydrogen) atoms. The van der Waals surface area contributed by atoms with Crippen molar-refractivity contribution in [2.45, 2.75) is 149 Å². The highest BCUT2D eigenvalue weighted by Gasteiger charge is 2.37. The quantitative estimate of drug-likeness (QED) is 0.0349. The first-order chi connectivity index (χ1) is 33.0. The Labute approximate surface area is 411 Å². The van der Waals surface area contributed by atoms with Crippen LogP contribution in [0.2, 0.25) is 0 Å². The number of rotatable bonds is 30. The van der Waals surface area contributed by atoms with Crippen LogP contribution in [0.25, 0.3) is 0 Å². The monoisotopic (exact) mass is 1010 g/mol. The van der Waals surface area contributed by atoms with Gasteiger partial charge < -0.3 is 74.6 Å². The van der Waals surface area contributed by atoms with E-state index in [1.54, 1.807) is 39.8 Å². The standard InChI is InChI=1S/C45H71N11O15/c1-10-22(6)36(43(68)52-30(18-33(47)61)40(65)51-29(17-32(46)60)41(66)53-31(45(70)71)15-20(2)3)56-42(67)35(21(4)5)55-44(69)37(24(8)57)54-34(62)19-48-38(63)23(7)49-39(64)28(50-25(9)58)16-26-11-13-27(59)14-12-26/h11-14,20-24,28-31,35-37,57,59H,10,15-19H2,1-9H3,(H2,46,60)(H2,47,61)(H,48,63)(H,49,64)(H,50,58)(H,51,65)(H,52,68)(H,53,66)(H,54,62)(H,55,69)(H,56,67)(H,70,71)/t22-,23+,24-,28+,29+,30+,31+,35+,36+,37+/m1/s1. The number of aromatic hydroxyl groups is 1. The molecule has 0 aliphatic rings. The van der Waals surface area contributed by atoms with E-state index in [0.717, 1.165) is 0 Å². The van der Waals surface area contributed by atoms with Gasteiger partial charge in [0.1, 0.15) is 54.1 Å². The fraction of sp³-hybridized carbons (Fsp3) is 0.600. The summed E-state index contributed by atoms with van der Waals surface area (Å²) >= 11 is 0. The normalized spacial score (nSPS) is 15.3. The van der Waals surface area contributed by atoms with Gasteiger partial charge in [-0.1, -0.05) is 60.1 Å². The maximum atomic E-state index is 13.9. The van der Waals surface area contributed by atoms with Crippen LogP contribution in [0.1, 0.15) is 93.6 Å². The van der Waals surface area contributed by atoms with Gasteiger partial charge >= 0.3 is 5.97 Å². The lowest BCUT2D eigenvalue weighted by Crippen LogP contribution is -2.62. The minimum atomic E-state index is -1.80. The predicted octanol–water partition coefficient (Wildman–Crippen LogP) is -4.07. The number of benzene rings is 1. The van der Waals surface area contributed by atoms with Crippen molar-refractivity contribution in [2.24, 2.45) is 29.2 Å². The molecule has 0 saturated carbocycles. The lowest BCUT2D eigenvalue weighted by atomic mass is 9.95. The van der Waals surface area contributed by atoms with Crippen LogP contribution in [-0.4, -0.2) is 147 Å². The average molecular weight is 1010 g/mol. The van der Waals surface area contributed by atoms with Crippen molar-refractivity contribution in [3.8, 4) is 5.75 Å². The van der Waals surface area contributed by atoms with E-state index in [1.807, 2.05) is 0 Å². The average Bonchev–Trinajstić information content (AvgIpc) is 3.26. The van der Waals surface area contributed by atoms with Crippen LogP contribution in [0.5, 0.6) is 5.75 Å². The van der Waals surface area contributed by atoms with Crippen LogP contribution in [0, 0.1) is 17.8 Å². The molecule has 0 radical (unpaired) electrons. The van der Waals surface area contributed by atoms with Crippen molar-refractivity contribution in [1.82, 2.24) is 47.9 Å². The van der Waals surface area contributed by atoms with Crippen molar-refractivity contribution in [1.29, 1.82) is 0 Å². The lowest BCUT2D eigenvalue weighted by Gasteiger charge is -2.30. The van der Waals surface area contributed by atoms with Gasteiger partial charge in [0.05, 0.1) is 25.5 Å².